The van der Waals surface area contributed by atoms with Crippen LogP contribution >= 0.6 is 12.2 Å². The van der Waals surface area contributed by atoms with Crippen LogP contribution in [0.25, 0.3) is 0 Å². The number of nitrogens with zero attached hydrogens (tertiary/aromatic N) is 1. The number of thiocarbonyl (C=S) groups is 1. The summed E-state index contributed by atoms with van der Waals surface area (Å²) in [6, 6.07) is 0. The summed E-state index contributed by atoms with van der Waals surface area (Å²) in [5.41, 5.74) is 1.07. The van der Waals surface area contributed by atoms with Crippen molar-refractivity contribution in [1.82, 2.24) is 4.90 Å². The SMILES string of the molecule is C=C(C)/C=C/N1CCCC1=S. The lowest BCUT2D eigenvalue weighted by molar-refractivity contribution is 0.610. The van der Waals surface area contributed by atoms with Gasteiger partial charge in [0.05, 0.1) is 4.99 Å². The highest BCUT2D eigenvalue weighted by Crippen LogP contribution is 2.12. The molecule has 0 unspecified atom stereocenters. The standard InChI is InChI=1S/C9H13NS/c1-8(2)5-7-10-6-3-4-9(10)11/h5,7H,1,3-4,6H2,2H3/b7-5+. The summed E-state index contributed by atoms with van der Waals surface area (Å²) in [6.45, 7) is 6.84. The smallest absolute Gasteiger partial charge is 0.0819 e. The van der Waals surface area contributed by atoms with Crippen LogP contribution < -0.4 is 0 Å². The molecule has 1 fully saturated rings. The molecule has 1 aliphatic rings. The molecule has 0 spiro atoms. The fourth-order valence-corrected chi connectivity index (χ4v) is 1.34. The van der Waals surface area contributed by atoms with Crippen molar-refractivity contribution in [3.05, 3.63) is 24.4 Å². The van der Waals surface area contributed by atoms with E-state index in [0.29, 0.717) is 0 Å². The summed E-state index contributed by atoms with van der Waals surface area (Å²) in [5, 5.41) is 0. The van der Waals surface area contributed by atoms with Crippen LogP contribution in [0.5, 0.6) is 0 Å². The Kier molecular flexibility index (Phi) is 2.83. The Balaban J connectivity index is 2.48. The summed E-state index contributed by atoms with van der Waals surface area (Å²) in [6.07, 6.45) is 6.28. The van der Waals surface area contributed by atoms with Crippen molar-refractivity contribution < 1.29 is 0 Å². The Morgan fingerprint density at radius 1 is 1.73 bits per heavy atom. The third-order valence-corrected chi connectivity index (χ3v) is 2.09. The fraction of sp³-hybridized carbons (Fsp3) is 0.444. The minimum Gasteiger partial charge on any atom is -0.343 e. The van der Waals surface area contributed by atoms with Crippen molar-refractivity contribution >= 4 is 17.2 Å². The van der Waals surface area contributed by atoms with Gasteiger partial charge in [-0.1, -0.05) is 24.4 Å². The van der Waals surface area contributed by atoms with Gasteiger partial charge in [-0.25, -0.2) is 0 Å². The number of hydrogen-bond donors (Lipinski definition) is 0. The van der Waals surface area contributed by atoms with Crippen molar-refractivity contribution in [1.29, 1.82) is 0 Å². The van der Waals surface area contributed by atoms with Gasteiger partial charge in [-0.05, 0) is 25.8 Å². The maximum absolute atomic E-state index is 5.14. The van der Waals surface area contributed by atoms with Crippen LogP contribution in [-0.2, 0) is 0 Å². The quantitative estimate of drug-likeness (QED) is 0.459. The molecule has 0 aromatic rings. The zero-order valence-corrected chi connectivity index (χ0v) is 7.66. The van der Waals surface area contributed by atoms with E-state index in [2.05, 4.69) is 11.5 Å². The molecule has 11 heavy (non-hydrogen) atoms. The average molecular weight is 167 g/mol. The molecule has 0 amide bonds. The second-order valence-electron chi connectivity index (χ2n) is 2.85. The highest BCUT2D eigenvalue weighted by molar-refractivity contribution is 7.80. The van der Waals surface area contributed by atoms with Crippen molar-refractivity contribution in [2.45, 2.75) is 19.8 Å². The number of hydrogen-bond acceptors (Lipinski definition) is 1. The lowest BCUT2D eigenvalue weighted by Gasteiger charge is -2.10. The highest BCUT2D eigenvalue weighted by atomic mass is 32.1. The maximum atomic E-state index is 5.14. The van der Waals surface area contributed by atoms with Crippen LogP contribution in [-0.4, -0.2) is 16.4 Å². The van der Waals surface area contributed by atoms with Crippen LogP contribution in [0, 0.1) is 0 Å². The maximum Gasteiger partial charge on any atom is 0.0819 e. The van der Waals surface area contributed by atoms with E-state index in [4.69, 9.17) is 12.2 Å². The molecule has 0 N–H and O–H groups in total. The predicted octanol–water partition coefficient (Wildman–Crippen LogP) is 2.50. The van der Waals surface area contributed by atoms with Crippen LogP contribution in [0.1, 0.15) is 19.8 Å². The zero-order chi connectivity index (χ0) is 8.27. The Labute approximate surface area is 73.4 Å². The molecule has 1 nitrogen and oxygen atoms in total. The van der Waals surface area contributed by atoms with Crippen LogP contribution in [0.4, 0.5) is 0 Å². The van der Waals surface area contributed by atoms with Gasteiger partial charge in [0.15, 0.2) is 0 Å². The largest absolute Gasteiger partial charge is 0.343 e. The van der Waals surface area contributed by atoms with Crippen LogP contribution in [0.3, 0.4) is 0 Å². The monoisotopic (exact) mass is 167 g/mol. The van der Waals surface area contributed by atoms with Gasteiger partial charge in [0.2, 0.25) is 0 Å². The first kappa shape index (κ1) is 8.47. The van der Waals surface area contributed by atoms with Crippen LogP contribution in [0.2, 0.25) is 0 Å². The topological polar surface area (TPSA) is 3.24 Å². The number of allylic oxidation sites excluding steroid dienone is 2. The van der Waals surface area contributed by atoms with Gasteiger partial charge in [0, 0.05) is 12.7 Å². The molecule has 0 aromatic carbocycles. The molecule has 0 atom stereocenters. The molecule has 60 valence electrons. The van der Waals surface area contributed by atoms with Gasteiger partial charge in [-0.15, -0.1) is 0 Å². The number of rotatable bonds is 2. The van der Waals surface area contributed by atoms with E-state index in [1.54, 1.807) is 0 Å². The fourth-order valence-electron chi connectivity index (χ4n) is 1.04. The summed E-state index contributed by atoms with van der Waals surface area (Å²) in [5.74, 6) is 0. The molecule has 2 heteroatoms. The third-order valence-electron chi connectivity index (χ3n) is 1.65. The molecule has 0 bridgehead atoms. The molecule has 0 saturated carbocycles. The first-order chi connectivity index (χ1) is 5.20. The van der Waals surface area contributed by atoms with E-state index in [1.165, 1.54) is 6.42 Å². The van der Waals surface area contributed by atoms with Crippen molar-refractivity contribution in [3.8, 4) is 0 Å². The van der Waals surface area contributed by atoms with E-state index in [1.807, 2.05) is 19.2 Å². The molecular weight excluding hydrogens is 154 g/mol. The lowest BCUT2D eigenvalue weighted by atomic mass is 10.3. The minimum absolute atomic E-state index is 1.06. The molecule has 0 radical (unpaired) electrons. The van der Waals surface area contributed by atoms with E-state index in [0.717, 1.165) is 23.5 Å². The predicted molar refractivity (Wildman–Crippen MR) is 52.5 cm³/mol. The molecule has 1 heterocycles. The Bertz CT molecular complexity index is 206. The average Bonchev–Trinajstić information content (AvgIpc) is 2.31. The summed E-state index contributed by atoms with van der Waals surface area (Å²) < 4.78 is 0. The van der Waals surface area contributed by atoms with Gasteiger partial charge in [0.1, 0.15) is 0 Å². The third kappa shape index (κ3) is 2.46. The second-order valence-corrected chi connectivity index (χ2v) is 3.32. The van der Waals surface area contributed by atoms with Crippen LogP contribution in [0.15, 0.2) is 24.4 Å². The Morgan fingerprint density at radius 2 is 2.45 bits per heavy atom. The Morgan fingerprint density at radius 3 is 2.91 bits per heavy atom. The van der Waals surface area contributed by atoms with Gasteiger partial charge < -0.3 is 4.90 Å². The summed E-state index contributed by atoms with van der Waals surface area (Å²) >= 11 is 5.14. The molecule has 0 aliphatic carbocycles. The second kappa shape index (κ2) is 3.67. The molecule has 1 saturated heterocycles. The van der Waals surface area contributed by atoms with Crippen molar-refractivity contribution in [2.75, 3.05) is 6.54 Å². The zero-order valence-electron chi connectivity index (χ0n) is 6.84. The molecular formula is C9H13NS. The van der Waals surface area contributed by atoms with E-state index < -0.39 is 0 Å². The van der Waals surface area contributed by atoms with E-state index >= 15 is 0 Å². The van der Waals surface area contributed by atoms with E-state index in [-0.39, 0.29) is 0 Å². The molecule has 1 aliphatic heterocycles. The first-order valence-electron chi connectivity index (χ1n) is 3.83. The van der Waals surface area contributed by atoms with Gasteiger partial charge in [0.25, 0.3) is 0 Å². The molecule has 0 aromatic heterocycles. The normalized spacial score (nSPS) is 18.3. The lowest BCUT2D eigenvalue weighted by Crippen LogP contribution is -2.15. The summed E-state index contributed by atoms with van der Waals surface area (Å²) in [4.78, 5) is 3.17. The Hall–Kier alpha value is -0.630. The molecule has 1 rings (SSSR count). The van der Waals surface area contributed by atoms with Crippen molar-refractivity contribution in [3.63, 3.8) is 0 Å². The van der Waals surface area contributed by atoms with Gasteiger partial charge in [-0.3, -0.25) is 0 Å². The van der Waals surface area contributed by atoms with Gasteiger partial charge in [-0.2, -0.15) is 0 Å². The number of likely N-dealkylation sites (tertiary alicyclic amines) is 1. The van der Waals surface area contributed by atoms with Crippen molar-refractivity contribution in [2.24, 2.45) is 0 Å². The van der Waals surface area contributed by atoms with E-state index in [9.17, 15) is 0 Å². The highest BCUT2D eigenvalue weighted by Gasteiger charge is 2.12. The minimum atomic E-state index is 1.06. The van der Waals surface area contributed by atoms with Gasteiger partial charge >= 0.3 is 0 Å². The first-order valence-corrected chi connectivity index (χ1v) is 4.24. The summed E-state index contributed by atoms with van der Waals surface area (Å²) in [7, 11) is 0.